The molecular formula is C42H62ClIN3O3-. The third-order valence-corrected chi connectivity index (χ3v) is 19.1. The molecule has 0 radical (unpaired) electrons. The number of carbonyl (C=O) groups excluding carboxylic acids is 2. The van der Waals surface area contributed by atoms with Crippen LogP contribution >= 0.6 is 11.6 Å². The van der Waals surface area contributed by atoms with Crippen molar-refractivity contribution in [2.45, 2.75) is 129 Å². The molecular weight excluding hydrogens is 757 g/mol. The summed E-state index contributed by atoms with van der Waals surface area (Å²) in [5, 5.41) is 7.35. The Balaban J connectivity index is 1.32. The van der Waals surface area contributed by atoms with E-state index in [9.17, 15) is 9.59 Å². The van der Waals surface area contributed by atoms with Gasteiger partial charge in [0.25, 0.3) is 0 Å². The van der Waals surface area contributed by atoms with Gasteiger partial charge in [-0.25, -0.2) is 0 Å². The van der Waals surface area contributed by atoms with Gasteiger partial charge in [-0.05, 0) is 0 Å². The van der Waals surface area contributed by atoms with Crippen molar-refractivity contribution < 1.29 is 35.5 Å². The fraction of sp³-hybridized carbons (Fsp3) is 0.714. The molecule has 4 fully saturated rings. The first-order valence-electron chi connectivity index (χ1n) is 19.3. The van der Waals surface area contributed by atoms with Crippen molar-refractivity contribution in [2.24, 2.45) is 51.1 Å². The zero-order chi connectivity index (χ0) is 36.3. The molecule has 8 atom stereocenters. The molecule has 0 saturated heterocycles. The van der Waals surface area contributed by atoms with Crippen LogP contribution in [0.15, 0.2) is 45.2 Å². The number of halogens is 2. The van der Waals surface area contributed by atoms with E-state index in [0.29, 0.717) is 41.8 Å². The number of anilines is 1. The van der Waals surface area contributed by atoms with Crippen LogP contribution in [0.4, 0.5) is 5.69 Å². The average molecular weight is 819 g/mol. The third kappa shape index (κ3) is 6.39. The molecule has 0 bridgehead atoms. The SMILES string of the molecule is CC(=O)OC1CC[C@@]2(C)C(CC[C@]3(C)C2CCC2C4=C(C(C)C)CCC4([I-]/C(=C/C(=O)Nc4ccc(Cl)cc4)NCCN)CC[C@]23C)C1(C)C. The number of esters is 1. The maximum absolute atomic E-state index is 13.4. The first-order valence-corrected chi connectivity index (χ1v) is 21.8. The van der Waals surface area contributed by atoms with E-state index >= 15 is 0 Å². The minimum absolute atomic E-state index is 0.00854. The quantitative estimate of drug-likeness (QED) is 0.0686. The van der Waals surface area contributed by atoms with Crippen molar-refractivity contribution in [3.05, 3.63) is 50.2 Å². The van der Waals surface area contributed by atoms with Gasteiger partial charge in [-0.2, -0.15) is 0 Å². The van der Waals surface area contributed by atoms with Crippen LogP contribution < -0.4 is 37.6 Å². The molecule has 0 aliphatic heterocycles. The number of ether oxygens (including phenoxy) is 1. The fourth-order valence-electron chi connectivity index (χ4n) is 12.5. The van der Waals surface area contributed by atoms with Crippen molar-refractivity contribution in [1.82, 2.24) is 5.32 Å². The van der Waals surface area contributed by atoms with E-state index in [2.05, 4.69) is 59.1 Å². The first kappa shape index (κ1) is 38.2. The van der Waals surface area contributed by atoms with Crippen molar-refractivity contribution in [3.63, 3.8) is 0 Å². The fourth-order valence-corrected chi connectivity index (χ4v) is 16.7. The van der Waals surface area contributed by atoms with Crippen LogP contribution in [0.2, 0.25) is 5.02 Å². The molecule has 6 nitrogen and oxygen atoms in total. The summed E-state index contributed by atoms with van der Waals surface area (Å²) in [6.07, 6.45) is 13.8. The number of carbonyl (C=O) groups is 2. The average Bonchev–Trinajstić information content (AvgIpc) is 3.42. The molecule has 50 heavy (non-hydrogen) atoms. The van der Waals surface area contributed by atoms with Crippen molar-refractivity contribution in [3.8, 4) is 0 Å². The van der Waals surface area contributed by atoms with Crippen LogP contribution in [-0.2, 0) is 14.3 Å². The van der Waals surface area contributed by atoms with Gasteiger partial charge in [0.2, 0.25) is 0 Å². The number of rotatable bonds is 9. The van der Waals surface area contributed by atoms with E-state index in [4.69, 9.17) is 22.1 Å². The van der Waals surface area contributed by atoms with Crippen LogP contribution in [0.3, 0.4) is 0 Å². The summed E-state index contributed by atoms with van der Waals surface area (Å²) in [5.41, 5.74) is 11.0. The van der Waals surface area contributed by atoms with Crippen molar-refractivity contribution >= 4 is 29.2 Å². The van der Waals surface area contributed by atoms with E-state index in [1.807, 2.05) is 18.2 Å². The molecule has 4 N–H and O–H groups in total. The van der Waals surface area contributed by atoms with Crippen LogP contribution in [0, 0.1) is 45.3 Å². The normalized spacial score (nSPS) is 37.8. The predicted molar refractivity (Wildman–Crippen MR) is 200 cm³/mol. The summed E-state index contributed by atoms with van der Waals surface area (Å²) >= 11 is 5.56. The summed E-state index contributed by atoms with van der Waals surface area (Å²) in [5.74, 6) is 2.10. The van der Waals surface area contributed by atoms with Gasteiger partial charge in [-0.15, -0.1) is 0 Å². The van der Waals surface area contributed by atoms with Crippen LogP contribution in [0.5, 0.6) is 0 Å². The second-order valence-corrected chi connectivity index (χ2v) is 22.1. The second-order valence-electron chi connectivity index (χ2n) is 17.9. The summed E-state index contributed by atoms with van der Waals surface area (Å²) in [6.45, 7) is 20.4. The van der Waals surface area contributed by atoms with E-state index in [-0.39, 0.29) is 43.1 Å². The Morgan fingerprint density at radius 3 is 2.34 bits per heavy atom. The molecule has 8 heteroatoms. The van der Waals surface area contributed by atoms with Crippen LogP contribution in [0.1, 0.15) is 120 Å². The molecule has 6 rings (SSSR count). The number of allylic oxidation sites excluding steroid dienone is 2. The molecule has 1 amide bonds. The molecule has 0 heterocycles. The van der Waals surface area contributed by atoms with Gasteiger partial charge in [-0.3, -0.25) is 4.79 Å². The topological polar surface area (TPSA) is 93.5 Å². The number of nitrogens with two attached hydrogens (primary N) is 1. The first-order chi connectivity index (χ1) is 23.5. The van der Waals surface area contributed by atoms with Crippen molar-refractivity contribution in [1.29, 1.82) is 0 Å². The van der Waals surface area contributed by atoms with Crippen molar-refractivity contribution in [2.75, 3.05) is 18.4 Å². The number of alkyl halides is 1. The predicted octanol–water partition coefficient (Wildman–Crippen LogP) is 6.24. The second kappa shape index (κ2) is 14.0. The number of hydrogen-bond acceptors (Lipinski definition) is 5. The van der Waals surface area contributed by atoms with Gasteiger partial charge >= 0.3 is 307 Å². The number of amides is 1. The van der Waals surface area contributed by atoms with Gasteiger partial charge in [0.1, 0.15) is 0 Å². The Bertz CT molecular complexity index is 1540. The zero-order valence-electron chi connectivity index (χ0n) is 31.8. The number of benzene rings is 1. The molecule has 5 aliphatic rings. The zero-order valence-corrected chi connectivity index (χ0v) is 34.7. The summed E-state index contributed by atoms with van der Waals surface area (Å²) < 4.78 is 7.26. The number of nitrogens with one attached hydrogen (secondary N) is 2. The molecule has 1 aromatic rings. The summed E-state index contributed by atoms with van der Waals surface area (Å²) in [7, 11) is 0. The third-order valence-electron chi connectivity index (χ3n) is 14.9. The van der Waals surface area contributed by atoms with Crippen LogP contribution in [0.25, 0.3) is 0 Å². The summed E-state index contributed by atoms with van der Waals surface area (Å²) in [6, 6.07) is 7.31. The van der Waals surface area contributed by atoms with Gasteiger partial charge in [0.05, 0.1) is 0 Å². The van der Waals surface area contributed by atoms with Gasteiger partial charge in [0.15, 0.2) is 0 Å². The maximum atomic E-state index is 13.4. The van der Waals surface area contributed by atoms with E-state index in [1.165, 1.54) is 51.4 Å². The Morgan fingerprint density at radius 1 is 0.960 bits per heavy atom. The van der Waals surface area contributed by atoms with Crippen LogP contribution in [-0.4, -0.2) is 34.5 Å². The molecule has 0 spiro atoms. The molecule has 0 aromatic heterocycles. The molecule has 4 saturated carbocycles. The summed E-state index contributed by atoms with van der Waals surface area (Å²) in [4.78, 5) is 25.5. The molecule has 278 valence electrons. The van der Waals surface area contributed by atoms with E-state index in [0.717, 1.165) is 22.2 Å². The van der Waals surface area contributed by atoms with Gasteiger partial charge in [-0.1, -0.05) is 0 Å². The number of fused-ring (bicyclic) bond motifs is 7. The minimum atomic E-state index is -0.537. The Labute approximate surface area is 317 Å². The Morgan fingerprint density at radius 2 is 1.68 bits per heavy atom. The number of hydrogen-bond donors (Lipinski definition) is 3. The van der Waals surface area contributed by atoms with Gasteiger partial charge in [0, 0.05) is 6.92 Å². The Hall–Kier alpha value is -1.58. The monoisotopic (exact) mass is 818 g/mol. The van der Waals surface area contributed by atoms with E-state index < -0.39 is 21.2 Å². The standard InChI is InChI=1S/C42H62ClIN3O3/c1-26(2)30-15-20-42(44-35(46-24-23-45)25-36(49)47-29-11-9-28(43)10-12-29)22-21-40(7)31(37(30)42)13-14-33-39(6)18-17-34(50-27(3)48)38(4,5)32(39)16-19-41(33,40)8/h9-12,25-26,31-34,46H,13-24,45H2,1-8H3,(H,47,49)/q-1/b35-25-/t31?,32?,33?,34?,39-,40+,41+,42?/m0/s1. The molecule has 1 aromatic carbocycles. The molecule has 5 unspecified atom stereocenters. The Kier molecular flexibility index (Phi) is 10.7. The van der Waals surface area contributed by atoms with E-state index in [1.54, 1.807) is 30.2 Å². The molecule has 5 aliphatic carbocycles. The van der Waals surface area contributed by atoms with Gasteiger partial charge < -0.3 is 0 Å².